The largest absolute Gasteiger partial charge is 0.481 e. The molecule has 0 saturated carbocycles. The number of aromatic amines is 1. The Balaban J connectivity index is 3.28. The molecule has 0 radical (unpaired) electrons. The van der Waals surface area contributed by atoms with Crippen LogP contribution in [0.25, 0.3) is 0 Å². The number of carboxylic acids is 1. The number of aryl methyl sites for hydroxylation is 1. The van der Waals surface area contributed by atoms with E-state index in [0.29, 0.717) is 5.82 Å². The highest BCUT2D eigenvalue weighted by atomic mass is 16.4. The van der Waals surface area contributed by atoms with Crippen LogP contribution in [0.5, 0.6) is 0 Å². The number of carbonyl (C=O) groups is 2. The number of amides is 1. The van der Waals surface area contributed by atoms with Crippen molar-refractivity contribution in [1.29, 1.82) is 0 Å². The predicted octanol–water partition coefficient (Wildman–Crippen LogP) is -0.634. The third kappa shape index (κ3) is 2.19. The summed E-state index contributed by atoms with van der Waals surface area (Å²) in [6.07, 6.45) is -1.16. The second-order valence-electron chi connectivity index (χ2n) is 3.51. The van der Waals surface area contributed by atoms with Gasteiger partial charge in [0.2, 0.25) is 0 Å². The number of imidazole rings is 1. The predicted molar refractivity (Wildman–Crippen MR) is 53.9 cm³/mol. The highest BCUT2D eigenvalue weighted by Gasteiger charge is 2.31. The van der Waals surface area contributed by atoms with Gasteiger partial charge in [0.15, 0.2) is 0 Å². The lowest BCUT2D eigenvalue weighted by atomic mass is 9.98. The summed E-state index contributed by atoms with van der Waals surface area (Å²) in [5.41, 5.74) is 4.96. The van der Waals surface area contributed by atoms with E-state index in [1.54, 1.807) is 6.92 Å². The van der Waals surface area contributed by atoms with E-state index in [0.717, 1.165) is 0 Å². The Hall–Kier alpha value is -1.89. The molecule has 0 aromatic carbocycles. The van der Waals surface area contributed by atoms with Gasteiger partial charge >= 0.3 is 5.97 Å². The molecule has 0 fully saturated rings. The van der Waals surface area contributed by atoms with Crippen LogP contribution in [0.4, 0.5) is 0 Å². The molecule has 0 spiro atoms. The number of aromatic nitrogens is 2. The molecule has 0 aliphatic rings. The summed E-state index contributed by atoms with van der Waals surface area (Å²) in [5, 5.41) is 18.3. The summed E-state index contributed by atoms with van der Waals surface area (Å²) in [5.74, 6) is -2.95. The minimum atomic E-state index is -1.25. The number of carboxylic acid groups (broad SMARTS) is 1. The van der Waals surface area contributed by atoms with Crippen LogP contribution in [0, 0.1) is 6.92 Å². The third-order valence-electron chi connectivity index (χ3n) is 2.14. The van der Waals surface area contributed by atoms with Crippen molar-refractivity contribution in [2.75, 3.05) is 0 Å². The smallest absolute Gasteiger partial charge is 0.315 e. The molecule has 1 amide bonds. The molecule has 16 heavy (non-hydrogen) atoms. The van der Waals surface area contributed by atoms with Gasteiger partial charge in [0.25, 0.3) is 5.91 Å². The van der Waals surface area contributed by atoms with Crippen LogP contribution in [0.3, 0.4) is 0 Å². The van der Waals surface area contributed by atoms with Crippen molar-refractivity contribution in [1.82, 2.24) is 9.97 Å². The minimum Gasteiger partial charge on any atom is -0.481 e. The first kappa shape index (κ1) is 12.2. The van der Waals surface area contributed by atoms with E-state index in [4.69, 9.17) is 10.8 Å². The van der Waals surface area contributed by atoms with E-state index in [-0.39, 0.29) is 11.4 Å². The third-order valence-corrected chi connectivity index (χ3v) is 2.14. The number of aliphatic hydroxyl groups excluding tert-OH is 1. The van der Waals surface area contributed by atoms with Gasteiger partial charge in [-0.15, -0.1) is 0 Å². The average molecular weight is 227 g/mol. The Morgan fingerprint density at radius 1 is 1.50 bits per heavy atom. The Kier molecular flexibility index (Phi) is 3.28. The first-order chi connectivity index (χ1) is 7.34. The number of nitrogens with one attached hydrogen (secondary N) is 1. The van der Waals surface area contributed by atoms with E-state index >= 15 is 0 Å². The van der Waals surface area contributed by atoms with Crippen molar-refractivity contribution >= 4 is 11.9 Å². The second kappa shape index (κ2) is 4.31. The number of carbonyl (C=O) groups excluding carboxylic acids is 1. The lowest BCUT2D eigenvalue weighted by Gasteiger charge is -2.14. The van der Waals surface area contributed by atoms with Crippen molar-refractivity contribution in [3.63, 3.8) is 0 Å². The van der Waals surface area contributed by atoms with Gasteiger partial charge in [0.1, 0.15) is 17.4 Å². The van der Waals surface area contributed by atoms with Gasteiger partial charge in [-0.1, -0.05) is 0 Å². The number of hydrogen-bond acceptors (Lipinski definition) is 4. The van der Waals surface area contributed by atoms with Gasteiger partial charge in [0.05, 0.1) is 11.8 Å². The number of nitrogens with zero attached hydrogens (tertiary/aromatic N) is 1. The zero-order valence-corrected chi connectivity index (χ0v) is 8.89. The standard InChI is InChI=1S/C9H13N3O4/c1-3(13)5(9(15)16)6-7(8(10)14)12-4(2)11-6/h3,5,13H,1-2H3,(H2,10,14)(H,11,12)(H,15,16). The van der Waals surface area contributed by atoms with Crippen LogP contribution in [-0.2, 0) is 4.79 Å². The Labute approximate surface area is 91.3 Å². The molecular weight excluding hydrogens is 214 g/mol. The van der Waals surface area contributed by atoms with Crippen LogP contribution in [0.1, 0.15) is 34.8 Å². The van der Waals surface area contributed by atoms with Crippen molar-refractivity contribution in [3.8, 4) is 0 Å². The van der Waals surface area contributed by atoms with E-state index in [1.807, 2.05) is 0 Å². The molecule has 1 heterocycles. The van der Waals surface area contributed by atoms with Crippen LogP contribution in [0.2, 0.25) is 0 Å². The molecule has 2 unspecified atom stereocenters. The van der Waals surface area contributed by atoms with Crippen LogP contribution in [0.15, 0.2) is 0 Å². The molecule has 1 aromatic rings. The average Bonchev–Trinajstić information content (AvgIpc) is 2.45. The molecule has 1 aromatic heterocycles. The van der Waals surface area contributed by atoms with Gasteiger partial charge in [0, 0.05) is 0 Å². The number of primary amides is 1. The number of hydrogen-bond donors (Lipinski definition) is 4. The van der Waals surface area contributed by atoms with E-state index < -0.39 is 23.9 Å². The molecule has 5 N–H and O–H groups in total. The molecule has 2 atom stereocenters. The molecule has 0 saturated heterocycles. The first-order valence-electron chi connectivity index (χ1n) is 4.61. The molecule has 0 bridgehead atoms. The molecule has 0 aliphatic carbocycles. The van der Waals surface area contributed by atoms with Gasteiger partial charge < -0.3 is 20.9 Å². The Morgan fingerprint density at radius 3 is 2.44 bits per heavy atom. The summed E-state index contributed by atoms with van der Waals surface area (Å²) in [4.78, 5) is 28.4. The molecule has 88 valence electrons. The van der Waals surface area contributed by atoms with Crippen LogP contribution < -0.4 is 5.73 Å². The fourth-order valence-corrected chi connectivity index (χ4v) is 1.49. The van der Waals surface area contributed by atoms with Crippen molar-refractivity contribution in [2.24, 2.45) is 5.73 Å². The summed E-state index contributed by atoms with van der Waals surface area (Å²) >= 11 is 0. The summed E-state index contributed by atoms with van der Waals surface area (Å²) in [6.45, 7) is 2.89. The monoisotopic (exact) mass is 227 g/mol. The molecular formula is C9H13N3O4. The zero-order valence-electron chi connectivity index (χ0n) is 8.89. The van der Waals surface area contributed by atoms with E-state index in [2.05, 4.69) is 9.97 Å². The maximum absolute atomic E-state index is 11.0. The Morgan fingerprint density at radius 2 is 2.06 bits per heavy atom. The number of rotatable bonds is 4. The molecule has 0 aliphatic heterocycles. The minimum absolute atomic E-state index is 0.0347. The maximum Gasteiger partial charge on any atom is 0.315 e. The SMILES string of the molecule is Cc1nc(C(N)=O)c(C(C(=O)O)C(C)O)[nH]1. The molecule has 7 nitrogen and oxygen atoms in total. The quantitative estimate of drug-likeness (QED) is 0.544. The summed E-state index contributed by atoms with van der Waals surface area (Å²) in [7, 11) is 0. The Bertz CT molecular complexity index is 424. The highest BCUT2D eigenvalue weighted by Crippen LogP contribution is 2.22. The summed E-state index contributed by atoms with van der Waals surface area (Å²) < 4.78 is 0. The van der Waals surface area contributed by atoms with Gasteiger partial charge in [-0.05, 0) is 13.8 Å². The van der Waals surface area contributed by atoms with Crippen molar-refractivity contribution < 1.29 is 19.8 Å². The number of aliphatic hydroxyl groups is 1. The second-order valence-corrected chi connectivity index (χ2v) is 3.51. The normalized spacial score (nSPS) is 14.4. The number of aliphatic carboxylic acids is 1. The molecule has 1 rings (SSSR count). The van der Waals surface area contributed by atoms with Gasteiger partial charge in [-0.2, -0.15) is 0 Å². The molecule has 7 heteroatoms. The van der Waals surface area contributed by atoms with E-state index in [1.165, 1.54) is 6.92 Å². The van der Waals surface area contributed by atoms with Crippen molar-refractivity contribution in [3.05, 3.63) is 17.2 Å². The fraction of sp³-hybridized carbons (Fsp3) is 0.444. The number of nitrogens with two attached hydrogens (primary N) is 1. The zero-order chi connectivity index (χ0) is 12.5. The van der Waals surface area contributed by atoms with Gasteiger partial charge in [-0.25, -0.2) is 4.98 Å². The fourth-order valence-electron chi connectivity index (χ4n) is 1.49. The topological polar surface area (TPSA) is 129 Å². The van der Waals surface area contributed by atoms with Crippen LogP contribution in [-0.4, -0.2) is 38.2 Å². The van der Waals surface area contributed by atoms with Gasteiger partial charge in [-0.3, -0.25) is 9.59 Å². The lowest BCUT2D eigenvalue weighted by molar-refractivity contribution is -0.141. The van der Waals surface area contributed by atoms with Crippen molar-refractivity contribution in [2.45, 2.75) is 25.9 Å². The van der Waals surface area contributed by atoms with E-state index in [9.17, 15) is 14.7 Å². The summed E-state index contributed by atoms with van der Waals surface area (Å²) in [6, 6.07) is 0. The number of H-pyrrole nitrogens is 1. The highest BCUT2D eigenvalue weighted by molar-refractivity contribution is 5.94. The maximum atomic E-state index is 11.0. The first-order valence-corrected chi connectivity index (χ1v) is 4.61. The van der Waals surface area contributed by atoms with Crippen LogP contribution >= 0.6 is 0 Å². The lowest BCUT2D eigenvalue weighted by Crippen LogP contribution is -2.27.